The van der Waals surface area contributed by atoms with E-state index in [1.54, 1.807) is 6.07 Å². The topological polar surface area (TPSA) is 97.3 Å². The zero-order chi connectivity index (χ0) is 20.8. The molecule has 8 heteroatoms. The van der Waals surface area contributed by atoms with Crippen molar-refractivity contribution in [1.29, 1.82) is 5.41 Å². The number of ether oxygens (including phenoxy) is 2. The van der Waals surface area contributed by atoms with E-state index in [4.69, 9.17) is 20.6 Å². The van der Waals surface area contributed by atoms with E-state index in [-0.39, 0.29) is 36.3 Å². The minimum atomic E-state index is -0.522. The molecule has 1 aliphatic carbocycles. The quantitative estimate of drug-likeness (QED) is 0.589. The molecular formula is C21H28FN5O2. The fourth-order valence-electron chi connectivity index (χ4n) is 3.63. The fraction of sp³-hybridized carbons (Fsp3) is 0.476. The lowest BCUT2D eigenvalue weighted by atomic mass is 10.0. The summed E-state index contributed by atoms with van der Waals surface area (Å²) in [6.07, 6.45) is 3.21. The van der Waals surface area contributed by atoms with Crippen LogP contribution in [0.25, 0.3) is 0 Å². The number of nitrogen functional groups attached to an aromatic ring is 1. The Morgan fingerprint density at radius 3 is 2.62 bits per heavy atom. The van der Waals surface area contributed by atoms with E-state index in [0.29, 0.717) is 24.5 Å². The van der Waals surface area contributed by atoms with E-state index in [0.717, 1.165) is 18.7 Å². The molecule has 2 aromatic rings. The Hall–Kier alpha value is -2.74. The Kier molecular flexibility index (Phi) is 4.90. The van der Waals surface area contributed by atoms with Crippen LogP contribution in [-0.4, -0.2) is 46.6 Å². The maximum atomic E-state index is 14.3. The van der Waals surface area contributed by atoms with Crippen molar-refractivity contribution in [3.05, 3.63) is 41.6 Å². The van der Waals surface area contributed by atoms with Gasteiger partial charge in [-0.15, -0.1) is 0 Å². The highest BCUT2D eigenvalue weighted by Crippen LogP contribution is 2.41. The first-order valence-corrected chi connectivity index (χ1v) is 9.83. The molecule has 156 valence electrons. The Balaban J connectivity index is 0.00000256. The maximum absolute atomic E-state index is 14.3. The van der Waals surface area contributed by atoms with E-state index in [1.807, 2.05) is 6.92 Å². The lowest BCUT2D eigenvalue weighted by Crippen LogP contribution is -2.50. The second kappa shape index (κ2) is 7.26. The first-order valence-electron chi connectivity index (χ1n) is 9.83. The molecule has 2 fully saturated rings. The van der Waals surface area contributed by atoms with Gasteiger partial charge in [0, 0.05) is 24.8 Å². The Morgan fingerprint density at radius 1 is 1.28 bits per heavy atom. The smallest absolute Gasteiger partial charge is 0.167 e. The van der Waals surface area contributed by atoms with Gasteiger partial charge in [-0.25, -0.2) is 14.4 Å². The highest BCUT2D eigenvalue weighted by Gasteiger charge is 2.40. The first-order chi connectivity index (χ1) is 13.8. The molecule has 2 heterocycles. The number of hydrogen-bond donors (Lipinski definition) is 2. The van der Waals surface area contributed by atoms with Gasteiger partial charge in [-0.1, -0.05) is 0 Å². The first kappa shape index (κ1) is 19.6. The molecule has 0 amide bonds. The third kappa shape index (κ3) is 3.89. The van der Waals surface area contributed by atoms with E-state index in [2.05, 4.69) is 28.7 Å². The van der Waals surface area contributed by atoms with Crippen LogP contribution in [0.4, 0.5) is 15.9 Å². The summed E-state index contributed by atoms with van der Waals surface area (Å²) >= 11 is 0. The zero-order valence-electron chi connectivity index (χ0n) is 16.9. The van der Waals surface area contributed by atoms with Crippen LogP contribution in [0.1, 0.15) is 46.3 Å². The highest BCUT2D eigenvalue weighted by molar-refractivity contribution is 6.13. The van der Waals surface area contributed by atoms with Crippen molar-refractivity contribution >= 4 is 17.2 Å². The summed E-state index contributed by atoms with van der Waals surface area (Å²) in [5.74, 6) is 0.320. The molecule has 1 saturated heterocycles. The van der Waals surface area contributed by atoms with Gasteiger partial charge in [0.1, 0.15) is 17.7 Å². The van der Waals surface area contributed by atoms with Gasteiger partial charge in [0.05, 0.1) is 36.7 Å². The number of nitrogens with two attached hydrogens (primary N) is 1. The van der Waals surface area contributed by atoms with Crippen LogP contribution in [0.3, 0.4) is 0 Å². The van der Waals surface area contributed by atoms with Gasteiger partial charge >= 0.3 is 0 Å². The average molecular weight is 401 g/mol. The van der Waals surface area contributed by atoms with Crippen molar-refractivity contribution in [2.75, 3.05) is 23.8 Å². The van der Waals surface area contributed by atoms with E-state index >= 15 is 0 Å². The molecule has 2 aliphatic rings. The van der Waals surface area contributed by atoms with Crippen LogP contribution < -0.4 is 15.4 Å². The fourth-order valence-corrected chi connectivity index (χ4v) is 3.63. The number of rotatable bonds is 5. The molecule has 3 N–H and O–H groups in total. The summed E-state index contributed by atoms with van der Waals surface area (Å²) in [5, 5.41) is 8.65. The predicted molar refractivity (Wildman–Crippen MR) is 111 cm³/mol. The van der Waals surface area contributed by atoms with Crippen molar-refractivity contribution in [2.24, 2.45) is 0 Å². The molecule has 1 saturated carbocycles. The molecule has 4 rings (SSSR count). The number of halogens is 1. The molecule has 7 nitrogen and oxygen atoms in total. The lowest BCUT2D eigenvalue weighted by molar-refractivity contribution is 0.0752. The molecule has 0 bridgehead atoms. The monoisotopic (exact) mass is 401 g/mol. The summed E-state index contributed by atoms with van der Waals surface area (Å²) in [6.45, 7) is 7.32. The molecular weight excluding hydrogens is 373 g/mol. The standard InChI is InChI=1S/C21H26FN5O2.H2/c1-12-9-28-10-13(2)27(12)19-8-17(25-11-26-19)20(24)14-6-18(15(22)7-16(14)23)29-21(3)4-5-21;/h6-8,11-13,24H,4-5,9-10,23H2,1-3H3;1H/t12-,13-;/m1./s1. The van der Waals surface area contributed by atoms with Crippen LogP contribution in [0, 0.1) is 11.2 Å². The minimum absolute atomic E-state index is 0. The van der Waals surface area contributed by atoms with Crippen LogP contribution in [0.15, 0.2) is 24.5 Å². The summed E-state index contributed by atoms with van der Waals surface area (Å²) in [7, 11) is 0. The zero-order valence-corrected chi connectivity index (χ0v) is 16.9. The molecule has 1 aromatic carbocycles. The molecule has 29 heavy (non-hydrogen) atoms. The van der Waals surface area contributed by atoms with Gasteiger partial charge in [0.25, 0.3) is 0 Å². The van der Waals surface area contributed by atoms with Crippen LogP contribution in [-0.2, 0) is 4.74 Å². The van der Waals surface area contributed by atoms with Crippen LogP contribution in [0.5, 0.6) is 5.75 Å². The lowest BCUT2D eigenvalue weighted by Gasteiger charge is -2.39. The number of benzene rings is 1. The number of hydrogen-bond acceptors (Lipinski definition) is 7. The Labute approximate surface area is 171 Å². The van der Waals surface area contributed by atoms with Crippen LogP contribution in [0.2, 0.25) is 0 Å². The molecule has 0 spiro atoms. The highest BCUT2D eigenvalue weighted by atomic mass is 19.1. The van der Waals surface area contributed by atoms with Gasteiger partial charge in [-0.3, -0.25) is 5.41 Å². The van der Waals surface area contributed by atoms with Gasteiger partial charge in [0.2, 0.25) is 0 Å². The predicted octanol–water partition coefficient (Wildman–Crippen LogP) is 3.40. The van der Waals surface area contributed by atoms with Crippen molar-refractivity contribution in [3.8, 4) is 5.75 Å². The molecule has 0 radical (unpaired) electrons. The number of anilines is 2. The number of nitrogens with zero attached hydrogens (tertiary/aromatic N) is 3. The van der Waals surface area contributed by atoms with E-state index in [9.17, 15) is 4.39 Å². The number of morpholine rings is 1. The van der Waals surface area contributed by atoms with Gasteiger partial charge in [-0.05, 0) is 39.7 Å². The maximum Gasteiger partial charge on any atom is 0.167 e. The van der Waals surface area contributed by atoms with Crippen LogP contribution >= 0.6 is 0 Å². The van der Waals surface area contributed by atoms with Crippen molar-refractivity contribution in [1.82, 2.24) is 9.97 Å². The van der Waals surface area contributed by atoms with Gasteiger partial charge in [0.15, 0.2) is 11.6 Å². The second-order valence-electron chi connectivity index (χ2n) is 8.20. The third-order valence-corrected chi connectivity index (χ3v) is 5.53. The van der Waals surface area contributed by atoms with E-state index in [1.165, 1.54) is 18.5 Å². The largest absolute Gasteiger partial charge is 0.484 e. The second-order valence-corrected chi connectivity index (χ2v) is 8.20. The van der Waals surface area contributed by atoms with Crippen molar-refractivity contribution in [2.45, 2.75) is 51.3 Å². The molecule has 0 unspecified atom stereocenters. The minimum Gasteiger partial charge on any atom is -0.484 e. The third-order valence-electron chi connectivity index (χ3n) is 5.53. The summed E-state index contributed by atoms with van der Waals surface area (Å²) in [5.41, 5.74) is 6.78. The number of aromatic nitrogens is 2. The Morgan fingerprint density at radius 2 is 1.97 bits per heavy atom. The Bertz CT molecular complexity index is 943. The van der Waals surface area contributed by atoms with Gasteiger partial charge < -0.3 is 20.1 Å². The molecule has 1 aliphatic heterocycles. The van der Waals surface area contributed by atoms with Gasteiger partial charge in [-0.2, -0.15) is 0 Å². The average Bonchev–Trinajstić information content (AvgIpc) is 3.40. The molecule has 1 aromatic heterocycles. The van der Waals surface area contributed by atoms with E-state index < -0.39 is 5.82 Å². The van der Waals surface area contributed by atoms with Crippen molar-refractivity contribution in [3.63, 3.8) is 0 Å². The summed E-state index contributed by atoms with van der Waals surface area (Å²) in [6, 6.07) is 4.79. The SMILES string of the molecule is C[C@@H]1COC[C@@H](C)N1c1cc(C(=N)c2cc(OC3(C)CC3)c(F)cc2N)ncn1.[HH]. The number of nitrogens with one attached hydrogen (secondary N) is 1. The van der Waals surface area contributed by atoms with Crippen molar-refractivity contribution < 1.29 is 15.3 Å². The molecule has 2 atom stereocenters. The normalized spacial score (nSPS) is 23.0. The summed E-state index contributed by atoms with van der Waals surface area (Å²) < 4.78 is 25.7. The summed E-state index contributed by atoms with van der Waals surface area (Å²) in [4.78, 5) is 10.8.